The van der Waals surface area contributed by atoms with Gasteiger partial charge in [0.1, 0.15) is 17.4 Å². The van der Waals surface area contributed by atoms with Gasteiger partial charge >= 0.3 is 0 Å². The Hall–Kier alpha value is -1.27. The summed E-state index contributed by atoms with van der Waals surface area (Å²) in [5.41, 5.74) is 0.828. The lowest BCUT2D eigenvalue weighted by Gasteiger charge is -2.48. The number of carbonyl (C=O) groups is 1. The van der Waals surface area contributed by atoms with Crippen LogP contribution >= 0.6 is 11.6 Å². The number of carbonyl (C=O) groups excluding carboxylic acids is 1. The van der Waals surface area contributed by atoms with Gasteiger partial charge in [0.25, 0.3) is 5.91 Å². The van der Waals surface area contributed by atoms with Gasteiger partial charge in [-0.25, -0.2) is 14.0 Å². The Kier molecular flexibility index (Phi) is 7.71. The van der Waals surface area contributed by atoms with Gasteiger partial charge in [0.2, 0.25) is 0 Å². The van der Waals surface area contributed by atoms with Crippen LogP contribution in [0.4, 0.5) is 0 Å². The van der Waals surface area contributed by atoms with Crippen LogP contribution in [0.2, 0.25) is 5.02 Å². The van der Waals surface area contributed by atoms with E-state index < -0.39 is 22.6 Å². The lowest BCUT2D eigenvalue weighted by atomic mass is 9.96. The molecule has 2 bridgehead atoms. The number of rotatable bonds is 8. The van der Waals surface area contributed by atoms with Crippen molar-refractivity contribution < 1.29 is 23.7 Å². The second-order valence-electron chi connectivity index (χ2n) is 8.65. The smallest absolute Gasteiger partial charge is 0.266 e. The maximum absolute atomic E-state index is 13.7. The lowest BCUT2D eigenvalue weighted by Crippen LogP contribution is -2.69. The van der Waals surface area contributed by atoms with Crippen LogP contribution in [0, 0.1) is 0 Å². The van der Waals surface area contributed by atoms with E-state index in [1.54, 1.807) is 19.2 Å². The van der Waals surface area contributed by atoms with Gasteiger partial charge in [-0.3, -0.25) is 14.9 Å². The molecule has 2 N–H and O–H groups in total. The molecular formula is C21H31ClN4O5S. The Morgan fingerprint density at radius 3 is 2.66 bits per heavy atom. The average molecular weight is 487 g/mol. The maximum Gasteiger partial charge on any atom is 0.266 e. The van der Waals surface area contributed by atoms with Crippen LogP contribution in [0.3, 0.4) is 0 Å². The summed E-state index contributed by atoms with van der Waals surface area (Å²) in [5.74, 6) is 0.286. The molecule has 9 nitrogen and oxygen atoms in total. The third-order valence-corrected chi connectivity index (χ3v) is 8.68. The number of hydroxylamine groups is 1. The quantitative estimate of drug-likeness (QED) is 0.426. The summed E-state index contributed by atoms with van der Waals surface area (Å²) >= 11 is 4.46. The molecule has 11 heteroatoms. The maximum atomic E-state index is 13.7. The van der Waals surface area contributed by atoms with Crippen molar-refractivity contribution in [1.29, 1.82) is 0 Å². The highest BCUT2D eigenvalue weighted by molar-refractivity contribution is 7.80. The van der Waals surface area contributed by atoms with E-state index in [9.17, 15) is 14.2 Å². The lowest BCUT2D eigenvalue weighted by molar-refractivity contribution is -0.141. The van der Waals surface area contributed by atoms with Crippen molar-refractivity contribution in [2.45, 2.75) is 43.4 Å². The highest BCUT2D eigenvalue weighted by Gasteiger charge is 2.59. The van der Waals surface area contributed by atoms with Gasteiger partial charge in [-0.15, -0.1) is 0 Å². The van der Waals surface area contributed by atoms with Crippen molar-refractivity contribution >= 4 is 28.7 Å². The van der Waals surface area contributed by atoms with Crippen LogP contribution in [-0.2, 0) is 20.7 Å². The molecule has 3 atom stereocenters. The number of likely N-dealkylation sites (tertiary alicyclic amines) is 1. The number of nitrogens with one attached hydrogen (secondary N) is 1. The van der Waals surface area contributed by atoms with E-state index in [-0.39, 0.29) is 12.1 Å². The van der Waals surface area contributed by atoms with Gasteiger partial charge in [0, 0.05) is 50.9 Å². The average Bonchev–Trinajstić information content (AvgIpc) is 3.06. The monoisotopic (exact) mass is 486 g/mol. The first kappa shape index (κ1) is 23.9. The first-order chi connectivity index (χ1) is 15.5. The Balaban J connectivity index is 1.41. The minimum Gasteiger partial charge on any atom is -0.490 e. The number of amides is 1. The minimum absolute atomic E-state index is 0.0122. The summed E-state index contributed by atoms with van der Waals surface area (Å²) in [4.78, 5) is 15.0. The van der Waals surface area contributed by atoms with E-state index in [0.717, 1.165) is 31.6 Å². The Bertz CT molecular complexity index is 823. The van der Waals surface area contributed by atoms with Crippen LogP contribution in [0.15, 0.2) is 24.3 Å². The SMILES string of the molecule is COCCN1CC2CCC(C(=O)NO)(C1)N2S(=O)N1CCC(Oc2ccc(Cl)cc2)CC1. The number of nitrogens with zero attached hydrogens (tertiary/aromatic N) is 3. The van der Waals surface area contributed by atoms with Crippen LogP contribution in [0.5, 0.6) is 5.75 Å². The number of hydrogen-bond acceptors (Lipinski definition) is 6. The second-order valence-corrected chi connectivity index (χ2v) is 10.5. The third kappa shape index (κ3) is 4.82. The second kappa shape index (κ2) is 10.3. The molecule has 3 heterocycles. The normalized spacial score (nSPS) is 28.5. The molecule has 3 aliphatic rings. The summed E-state index contributed by atoms with van der Waals surface area (Å²) in [6, 6.07) is 7.29. The first-order valence-corrected chi connectivity index (χ1v) is 12.5. The third-order valence-electron chi connectivity index (χ3n) is 6.64. The van der Waals surface area contributed by atoms with Crippen molar-refractivity contribution in [3.05, 3.63) is 29.3 Å². The fourth-order valence-corrected chi connectivity index (χ4v) is 6.88. The van der Waals surface area contributed by atoms with E-state index in [4.69, 9.17) is 21.1 Å². The molecule has 1 amide bonds. The van der Waals surface area contributed by atoms with E-state index >= 15 is 0 Å². The Morgan fingerprint density at radius 2 is 2.00 bits per heavy atom. The van der Waals surface area contributed by atoms with Crippen molar-refractivity contribution in [3.63, 3.8) is 0 Å². The number of ether oxygens (including phenoxy) is 2. The molecule has 0 saturated carbocycles. The standard InChI is InChI=1S/C21H31ClN4O5S/c1-30-13-12-24-14-17-6-9-21(15-24,20(27)23-28)26(17)32(29)25-10-7-19(8-11-25)31-18-4-2-16(22)3-5-18/h2-5,17,19,28H,6-15H2,1H3,(H,23,27). The summed E-state index contributed by atoms with van der Waals surface area (Å²) in [6.45, 7) is 3.62. The molecule has 0 aliphatic carbocycles. The zero-order valence-electron chi connectivity index (χ0n) is 18.2. The van der Waals surface area contributed by atoms with Gasteiger partial charge in [0.15, 0.2) is 11.2 Å². The molecule has 0 radical (unpaired) electrons. The zero-order valence-corrected chi connectivity index (χ0v) is 19.8. The highest BCUT2D eigenvalue weighted by Crippen LogP contribution is 2.41. The number of hydrogen-bond donors (Lipinski definition) is 2. The van der Waals surface area contributed by atoms with E-state index in [1.807, 2.05) is 26.2 Å². The molecule has 3 saturated heterocycles. The van der Waals surface area contributed by atoms with Crippen molar-refractivity contribution in [2.75, 3.05) is 46.4 Å². The highest BCUT2D eigenvalue weighted by atomic mass is 35.5. The molecule has 1 aromatic carbocycles. The molecule has 3 unspecified atom stereocenters. The minimum atomic E-state index is -1.47. The molecule has 32 heavy (non-hydrogen) atoms. The molecule has 178 valence electrons. The Labute approximate surface area is 196 Å². The zero-order chi connectivity index (χ0) is 22.7. The van der Waals surface area contributed by atoms with E-state index in [2.05, 4.69) is 4.90 Å². The molecule has 1 aromatic rings. The first-order valence-electron chi connectivity index (χ1n) is 11.0. The summed E-state index contributed by atoms with van der Waals surface area (Å²) in [5, 5.41) is 10.1. The molecule has 4 rings (SSSR count). The topological polar surface area (TPSA) is 94.6 Å². The number of piperidine rings is 1. The summed E-state index contributed by atoms with van der Waals surface area (Å²) in [7, 11) is 1.65. The van der Waals surface area contributed by atoms with Gasteiger partial charge in [-0.1, -0.05) is 11.6 Å². The Morgan fingerprint density at radius 1 is 1.28 bits per heavy atom. The predicted octanol–water partition coefficient (Wildman–Crippen LogP) is 1.43. The fourth-order valence-electron chi connectivity index (χ4n) is 5.02. The van der Waals surface area contributed by atoms with Crippen molar-refractivity contribution in [1.82, 2.24) is 19.0 Å². The molecule has 0 spiro atoms. The number of methoxy groups -OCH3 is 1. The summed E-state index contributed by atoms with van der Waals surface area (Å²) < 4.78 is 28.7. The van der Waals surface area contributed by atoms with E-state index in [0.29, 0.717) is 44.2 Å². The number of benzene rings is 1. The van der Waals surface area contributed by atoms with Gasteiger partial charge in [-0.05, 0) is 49.9 Å². The molecule has 0 aromatic heterocycles. The molecule has 3 fully saturated rings. The van der Waals surface area contributed by atoms with Crippen LogP contribution in [0.25, 0.3) is 0 Å². The van der Waals surface area contributed by atoms with Gasteiger partial charge in [0.05, 0.1) is 6.61 Å². The van der Waals surface area contributed by atoms with E-state index in [1.165, 1.54) is 0 Å². The number of piperazine rings is 1. The number of fused-ring (bicyclic) bond motifs is 2. The number of halogens is 1. The van der Waals surface area contributed by atoms with Crippen LogP contribution < -0.4 is 10.2 Å². The summed E-state index contributed by atoms with van der Waals surface area (Å²) in [6.07, 6.45) is 2.86. The van der Waals surface area contributed by atoms with Crippen molar-refractivity contribution in [2.24, 2.45) is 0 Å². The largest absolute Gasteiger partial charge is 0.490 e. The fraction of sp³-hybridized carbons (Fsp3) is 0.667. The van der Waals surface area contributed by atoms with Crippen molar-refractivity contribution in [3.8, 4) is 5.75 Å². The van der Waals surface area contributed by atoms with Gasteiger partial charge in [-0.2, -0.15) is 4.31 Å². The van der Waals surface area contributed by atoms with Gasteiger partial charge < -0.3 is 9.47 Å². The van der Waals surface area contributed by atoms with Crippen LogP contribution in [0.1, 0.15) is 25.7 Å². The predicted molar refractivity (Wildman–Crippen MR) is 121 cm³/mol. The molecular weight excluding hydrogens is 456 g/mol. The molecule has 3 aliphatic heterocycles. The van der Waals surface area contributed by atoms with Crippen LogP contribution in [-0.4, -0.2) is 93.0 Å².